The number of hydrogen-bond acceptors (Lipinski definition) is 5. The maximum absolute atomic E-state index is 12.8. The molecule has 2 aromatic carbocycles. The minimum atomic E-state index is -0.778. The molecule has 0 radical (unpaired) electrons. The molecule has 0 bridgehead atoms. The van der Waals surface area contributed by atoms with E-state index in [9.17, 15) is 9.90 Å². The van der Waals surface area contributed by atoms with Gasteiger partial charge in [-0.15, -0.1) is 0 Å². The van der Waals surface area contributed by atoms with Gasteiger partial charge in [0.25, 0.3) is 0 Å². The highest BCUT2D eigenvalue weighted by atomic mass is 35.5. The first-order chi connectivity index (χ1) is 15.5. The SMILES string of the molecule is CC(C)c1oc(-c2ccc(Cl)cc2Cl)nc1CCC(=O)c1ccc(OC(C)(C)CO)c(Cl)c1. The molecule has 0 atom stereocenters. The summed E-state index contributed by atoms with van der Waals surface area (Å²) in [5.41, 5.74) is 1.06. The van der Waals surface area contributed by atoms with Crippen molar-refractivity contribution in [3.8, 4) is 17.2 Å². The molecule has 0 fully saturated rings. The summed E-state index contributed by atoms with van der Waals surface area (Å²) in [6.45, 7) is 7.34. The van der Waals surface area contributed by atoms with E-state index in [1.807, 2.05) is 13.8 Å². The van der Waals surface area contributed by atoms with Crippen molar-refractivity contribution >= 4 is 40.6 Å². The standard InChI is InChI=1S/C25H26Cl3NO4/c1-14(2)23-20(29-24(32-23)17-7-6-16(26)12-18(17)27)8-9-21(31)15-5-10-22(19(28)11-15)33-25(3,4)13-30/h5-7,10-12,14,30H,8-9,13H2,1-4H3. The van der Waals surface area contributed by atoms with E-state index in [1.165, 1.54) is 0 Å². The third kappa shape index (κ3) is 6.30. The van der Waals surface area contributed by atoms with E-state index in [0.717, 1.165) is 11.5 Å². The summed E-state index contributed by atoms with van der Waals surface area (Å²) in [7, 11) is 0. The Bertz CT molecular complexity index is 1150. The fourth-order valence-electron chi connectivity index (χ4n) is 3.24. The van der Waals surface area contributed by atoms with Gasteiger partial charge in [0.15, 0.2) is 5.78 Å². The van der Waals surface area contributed by atoms with Gasteiger partial charge in [-0.2, -0.15) is 0 Å². The molecule has 0 aliphatic rings. The number of aliphatic hydroxyl groups is 1. The Morgan fingerprint density at radius 1 is 1.12 bits per heavy atom. The number of ether oxygens (including phenoxy) is 1. The van der Waals surface area contributed by atoms with Crippen LogP contribution in [0.3, 0.4) is 0 Å². The van der Waals surface area contributed by atoms with Crippen molar-refractivity contribution in [2.24, 2.45) is 0 Å². The van der Waals surface area contributed by atoms with Crippen LogP contribution in [0.1, 0.15) is 61.8 Å². The Morgan fingerprint density at radius 2 is 1.85 bits per heavy atom. The lowest BCUT2D eigenvalue weighted by Crippen LogP contribution is -2.32. The van der Waals surface area contributed by atoms with E-state index < -0.39 is 5.60 Å². The summed E-state index contributed by atoms with van der Waals surface area (Å²) in [5.74, 6) is 1.54. The molecule has 33 heavy (non-hydrogen) atoms. The maximum Gasteiger partial charge on any atom is 0.228 e. The first kappa shape index (κ1) is 25.6. The number of Topliss-reactive ketones (excluding diaryl/α,β-unsaturated/α-hetero) is 1. The average molecular weight is 511 g/mol. The molecule has 176 valence electrons. The van der Waals surface area contributed by atoms with Crippen molar-refractivity contribution < 1.29 is 19.1 Å². The van der Waals surface area contributed by atoms with Crippen molar-refractivity contribution in [2.45, 2.75) is 52.1 Å². The van der Waals surface area contributed by atoms with Gasteiger partial charge in [0, 0.05) is 29.3 Å². The van der Waals surface area contributed by atoms with E-state index in [1.54, 1.807) is 50.2 Å². The van der Waals surface area contributed by atoms with Crippen molar-refractivity contribution in [3.63, 3.8) is 0 Å². The van der Waals surface area contributed by atoms with Gasteiger partial charge in [-0.05, 0) is 50.2 Å². The Labute approximate surface area is 208 Å². The zero-order valence-electron chi connectivity index (χ0n) is 18.9. The Morgan fingerprint density at radius 3 is 2.45 bits per heavy atom. The van der Waals surface area contributed by atoms with E-state index in [4.69, 9.17) is 44.0 Å². The Kier molecular flexibility index (Phi) is 8.12. The van der Waals surface area contributed by atoms with Crippen LogP contribution in [0.25, 0.3) is 11.5 Å². The molecule has 0 spiro atoms. The summed E-state index contributed by atoms with van der Waals surface area (Å²) in [6, 6.07) is 10.0. The Hall–Kier alpha value is -2.05. The number of rotatable bonds is 9. The van der Waals surface area contributed by atoms with Crippen molar-refractivity contribution in [1.29, 1.82) is 0 Å². The largest absolute Gasteiger partial charge is 0.484 e. The van der Waals surface area contributed by atoms with Gasteiger partial charge >= 0.3 is 0 Å². The number of nitrogens with zero attached hydrogens (tertiary/aromatic N) is 1. The molecule has 3 rings (SSSR count). The maximum atomic E-state index is 12.8. The predicted octanol–water partition coefficient (Wildman–Crippen LogP) is 7.39. The van der Waals surface area contributed by atoms with Gasteiger partial charge in [-0.3, -0.25) is 4.79 Å². The molecule has 8 heteroatoms. The first-order valence-corrected chi connectivity index (χ1v) is 11.7. The number of carbonyl (C=O) groups is 1. The first-order valence-electron chi connectivity index (χ1n) is 10.6. The molecule has 1 aromatic heterocycles. The lowest BCUT2D eigenvalue weighted by atomic mass is 10.0. The number of aromatic nitrogens is 1. The molecular weight excluding hydrogens is 485 g/mol. The summed E-state index contributed by atoms with van der Waals surface area (Å²) in [4.78, 5) is 17.5. The normalized spacial score (nSPS) is 11.8. The highest BCUT2D eigenvalue weighted by molar-refractivity contribution is 6.36. The van der Waals surface area contributed by atoms with Crippen LogP contribution in [-0.4, -0.2) is 28.1 Å². The molecular formula is C25H26Cl3NO4. The number of hydrogen-bond donors (Lipinski definition) is 1. The fraction of sp³-hybridized carbons (Fsp3) is 0.360. The number of aryl methyl sites for hydroxylation is 1. The lowest BCUT2D eigenvalue weighted by molar-refractivity contribution is 0.0413. The highest BCUT2D eigenvalue weighted by Crippen LogP contribution is 2.34. The van der Waals surface area contributed by atoms with Crippen LogP contribution < -0.4 is 4.74 Å². The van der Waals surface area contributed by atoms with Gasteiger partial charge in [0.2, 0.25) is 5.89 Å². The third-order valence-corrected chi connectivity index (χ3v) is 5.87. The van der Waals surface area contributed by atoms with Crippen molar-refractivity contribution in [1.82, 2.24) is 4.98 Å². The van der Waals surface area contributed by atoms with Gasteiger partial charge in [0.1, 0.15) is 17.1 Å². The second-order valence-corrected chi connectivity index (χ2v) is 9.95. The lowest BCUT2D eigenvalue weighted by Gasteiger charge is -2.24. The van der Waals surface area contributed by atoms with Crippen LogP contribution in [-0.2, 0) is 6.42 Å². The summed E-state index contributed by atoms with van der Waals surface area (Å²) in [5, 5.41) is 10.7. The summed E-state index contributed by atoms with van der Waals surface area (Å²) < 4.78 is 11.7. The van der Waals surface area contributed by atoms with Gasteiger partial charge in [-0.1, -0.05) is 48.7 Å². The van der Waals surface area contributed by atoms with E-state index >= 15 is 0 Å². The molecule has 5 nitrogen and oxygen atoms in total. The zero-order chi connectivity index (χ0) is 24.3. The predicted molar refractivity (Wildman–Crippen MR) is 132 cm³/mol. The topological polar surface area (TPSA) is 72.6 Å². The number of carbonyl (C=O) groups excluding carboxylic acids is 1. The molecule has 1 N–H and O–H groups in total. The quantitative estimate of drug-likeness (QED) is 0.304. The number of ketones is 1. The smallest absolute Gasteiger partial charge is 0.228 e. The average Bonchev–Trinajstić information content (AvgIpc) is 3.17. The Balaban J connectivity index is 1.77. The number of aliphatic hydroxyl groups excluding tert-OH is 1. The second kappa shape index (κ2) is 10.5. The van der Waals surface area contributed by atoms with E-state index in [2.05, 4.69) is 4.98 Å². The molecule has 1 heterocycles. The zero-order valence-corrected chi connectivity index (χ0v) is 21.2. The fourth-order valence-corrected chi connectivity index (χ4v) is 3.94. The third-order valence-electron chi connectivity index (χ3n) is 5.02. The van der Waals surface area contributed by atoms with E-state index in [-0.39, 0.29) is 24.7 Å². The monoisotopic (exact) mass is 509 g/mol. The van der Waals surface area contributed by atoms with Gasteiger partial charge < -0.3 is 14.3 Å². The molecule has 0 saturated carbocycles. The number of halogens is 3. The molecule has 0 unspecified atom stereocenters. The highest BCUT2D eigenvalue weighted by Gasteiger charge is 2.22. The molecule has 3 aromatic rings. The van der Waals surface area contributed by atoms with Crippen molar-refractivity contribution in [3.05, 3.63) is 68.5 Å². The van der Waals surface area contributed by atoms with Gasteiger partial charge in [0.05, 0.1) is 27.9 Å². The molecule has 0 aliphatic carbocycles. The van der Waals surface area contributed by atoms with Crippen LogP contribution in [0.4, 0.5) is 0 Å². The minimum Gasteiger partial charge on any atom is -0.484 e. The van der Waals surface area contributed by atoms with E-state index in [0.29, 0.717) is 44.3 Å². The van der Waals surface area contributed by atoms with Crippen LogP contribution in [0, 0.1) is 0 Å². The molecule has 0 aliphatic heterocycles. The molecule has 0 saturated heterocycles. The van der Waals surface area contributed by atoms with Crippen LogP contribution in [0.2, 0.25) is 15.1 Å². The van der Waals surface area contributed by atoms with Crippen molar-refractivity contribution in [2.75, 3.05) is 6.61 Å². The van der Waals surface area contributed by atoms with Crippen LogP contribution >= 0.6 is 34.8 Å². The van der Waals surface area contributed by atoms with Crippen LogP contribution in [0.5, 0.6) is 5.75 Å². The number of oxazole rings is 1. The van der Waals surface area contributed by atoms with Crippen LogP contribution in [0.15, 0.2) is 40.8 Å². The second-order valence-electron chi connectivity index (χ2n) is 8.70. The minimum absolute atomic E-state index is 0.0753. The van der Waals surface area contributed by atoms with Gasteiger partial charge in [-0.25, -0.2) is 4.98 Å². The molecule has 0 amide bonds. The summed E-state index contributed by atoms with van der Waals surface area (Å²) in [6.07, 6.45) is 0.646. The summed E-state index contributed by atoms with van der Waals surface area (Å²) >= 11 is 18.6. The number of benzene rings is 2.